The monoisotopic (exact) mass is 276 g/mol. The average molecular weight is 276 g/mol. The quantitative estimate of drug-likeness (QED) is 0.680. The molecule has 0 aromatic carbocycles. The fraction of sp³-hybridized carbons (Fsp3) is 0.636. The molecule has 0 spiro atoms. The summed E-state index contributed by atoms with van der Waals surface area (Å²) in [5.41, 5.74) is 0. The molecule has 0 unspecified atom stereocenters. The number of aryl methyl sites for hydroxylation is 1. The molecule has 0 atom stereocenters. The third-order valence-electron chi connectivity index (χ3n) is 2.38. The van der Waals surface area contributed by atoms with Gasteiger partial charge < -0.3 is 14.5 Å². The van der Waals surface area contributed by atoms with Crippen LogP contribution >= 0.6 is 0 Å². The van der Waals surface area contributed by atoms with Crippen LogP contribution in [-0.2, 0) is 21.3 Å². The SMILES string of the molecule is CNCc1cc(S(=O)(=O)NCCCOC)c(C)o1. The van der Waals surface area contributed by atoms with Gasteiger partial charge in [-0.3, -0.25) is 0 Å². The van der Waals surface area contributed by atoms with E-state index in [1.165, 1.54) is 0 Å². The van der Waals surface area contributed by atoms with Crippen molar-refractivity contribution >= 4 is 10.0 Å². The molecule has 0 amide bonds. The fourth-order valence-corrected chi connectivity index (χ4v) is 2.83. The van der Waals surface area contributed by atoms with Gasteiger partial charge in [-0.25, -0.2) is 13.1 Å². The van der Waals surface area contributed by atoms with Gasteiger partial charge in [0.05, 0.1) is 6.54 Å². The topological polar surface area (TPSA) is 80.6 Å². The molecule has 6 nitrogen and oxygen atoms in total. The van der Waals surface area contributed by atoms with Crippen LogP contribution in [0.15, 0.2) is 15.4 Å². The summed E-state index contributed by atoms with van der Waals surface area (Å²) >= 11 is 0. The maximum absolute atomic E-state index is 12.0. The minimum Gasteiger partial charge on any atom is -0.464 e. The Bertz CT molecular complexity index is 467. The highest BCUT2D eigenvalue weighted by Gasteiger charge is 2.20. The predicted octanol–water partition coefficient (Wildman–Crippen LogP) is 0.622. The smallest absolute Gasteiger partial charge is 0.244 e. The Labute approximate surface area is 108 Å². The number of sulfonamides is 1. The molecule has 1 aromatic heterocycles. The molecule has 0 saturated carbocycles. The Balaban J connectivity index is 2.72. The van der Waals surface area contributed by atoms with Gasteiger partial charge in [-0.1, -0.05) is 0 Å². The summed E-state index contributed by atoms with van der Waals surface area (Å²) in [4.78, 5) is 0.199. The summed E-state index contributed by atoms with van der Waals surface area (Å²) < 4.78 is 36.7. The second kappa shape index (κ2) is 6.89. The van der Waals surface area contributed by atoms with Crippen molar-refractivity contribution in [3.63, 3.8) is 0 Å². The van der Waals surface area contributed by atoms with Gasteiger partial charge in [-0.15, -0.1) is 0 Å². The van der Waals surface area contributed by atoms with Crippen LogP contribution in [0.4, 0.5) is 0 Å². The van der Waals surface area contributed by atoms with Gasteiger partial charge in [0.25, 0.3) is 0 Å². The molecule has 104 valence electrons. The van der Waals surface area contributed by atoms with E-state index in [2.05, 4.69) is 10.0 Å². The highest BCUT2D eigenvalue weighted by Crippen LogP contribution is 2.19. The number of rotatable bonds is 8. The van der Waals surface area contributed by atoms with Crippen molar-refractivity contribution in [3.05, 3.63) is 17.6 Å². The summed E-state index contributed by atoms with van der Waals surface area (Å²) in [5, 5.41) is 2.91. The fourth-order valence-electron chi connectivity index (χ4n) is 1.55. The molecule has 1 heterocycles. The van der Waals surface area contributed by atoms with Crippen LogP contribution in [0.2, 0.25) is 0 Å². The van der Waals surface area contributed by atoms with Crippen molar-refractivity contribution in [1.82, 2.24) is 10.0 Å². The maximum atomic E-state index is 12.0. The van der Waals surface area contributed by atoms with Gasteiger partial charge in [0.1, 0.15) is 16.4 Å². The second-order valence-electron chi connectivity index (χ2n) is 3.91. The first kappa shape index (κ1) is 15.2. The van der Waals surface area contributed by atoms with Crippen LogP contribution in [-0.4, -0.2) is 35.7 Å². The van der Waals surface area contributed by atoms with Crippen molar-refractivity contribution in [1.29, 1.82) is 0 Å². The molecule has 0 bridgehead atoms. The third-order valence-corrected chi connectivity index (χ3v) is 3.95. The minimum atomic E-state index is -3.50. The summed E-state index contributed by atoms with van der Waals surface area (Å²) in [6, 6.07) is 1.55. The summed E-state index contributed by atoms with van der Waals surface area (Å²) in [6.45, 7) is 3.02. The molecule has 0 radical (unpaired) electrons. The largest absolute Gasteiger partial charge is 0.464 e. The zero-order chi connectivity index (χ0) is 13.6. The van der Waals surface area contributed by atoms with Crippen molar-refractivity contribution in [3.8, 4) is 0 Å². The number of hydrogen-bond donors (Lipinski definition) is 2. The zero-order valence-corrected chi connectivity index (χ0v) is 11.8. The molecule has 0 saturated heterocycles. The van der Waals surface area contributed by atoms with Crippen LogP contribution in [0, 0.1) is 6.92 Å². The van der Waals surface area contributed by atoms with E-state index in [4.69, 9.17) is 9.15 Å². The zero-order valence-electron chi connectivity index (χ0n) is 10.9. The van der Waals surface area contributed by atoms with E-state index in [0.717, 1.165) is 0 Å². The van der Waals surface area contributed by atoms with Crippen LogP contribution in [0.25, 0.3) is 0 Å². The van der Waals surface area contributed by atoms with Crippen molar-refractivity contribution in [2.45, 2.75) is 24.8 Å². The maximum Gasteiger partial charge on any atom is 0.244 e. The molecule has 7 heteroatoms. The number of furan rings is 1. The van der Waals surface area contributed by atoms with Gasteiger partial charge in [-0.05, 0) is 20.4 Å². The Morgan fingerprint density at radius 3 is 2.78 bits per heavy atom. The minimum absolute atomic E-state index is 0.199. The molecule has 0 aliphatic heterocycles. The van der Waals surface area contributed by atoms with E-state index in [9.17, 15) is 8.42 Å². The number of nitrogens with one attached hydrogen (secondary N) is 2. The van der Waals surface area contributed by atoms with Gasteiger partial charge >= 0.3 is 0 Å². The van der Waals surface area contributed by atoms with Crippen molar-refractivity contribution in [2.24, 2.45) is 0 Å². The third kappa shape index (κ3) is 4.09. The molecular formula is C11H20N2O4S. The van der Waals surface area contributed by atoms with E-state index in [-0.39, 0.29) is 4.90 Å². The molecule has 0 fully saturated rings. The van der Waals surface area contributed by atoms with Crippen LogP contribution in [0.5, 0.6) is 0 Å². The van der Waals surface area contributed by atoms with Gasteiger partial charge in [-0.2, -0.15) is 0 Å². The van der Waals surface area contributed by atoms with E-state index < -0.39 is 10.0 Å². The van der Waals surface area contributed by atoms with Crippen molar-refractivity contribution < 1.29 is 17.6 Å². The lowest BCUT2D eigenvalue weighted by Crippen LogP contribution is -2.25. The molecule has 0 aliphatic carbocycles. The summed E-state index contributed by atoms with van der Waals surface area (Å²) in [7, 11) is -0.141. The average Bonchev–Trinajstić information content (AvgIpc) is 2.67. The van der Waals surface area contributed by atoms with Gasteiger partial charge in [0.15, 0.2) is 0 Å². The number of hydrogen-bond acceptors (Lipinski definition) is 5. The molecule has 2 N–H and O–H groups in total. The number of ether oxygens (including phenoxy) is 1. The standard InChI is InChI=1S/C11H20N2O4S/c1-9-11(7-10(17-9)8-12-2)18(14,15)13-5-4-6-16-3/h7,12-13H,4-6,8H2,1-3H3. The molecular weight excluding hydrogens is 256 g/mol. The lowest BCUT2D eigenvalue weighted by atomic mass is 10.4. The van der Waals surface area contributed by atoms with Crippen LogP contribution in [0.1, 0.15) is 17.9 Å². The normalized spacial score (nSPS) is 11.9. The van der Waals surface area contributed by atoms with Gasteiger partial charge in [0.2, 0.25) is 10.0 Å². The Hall–Kier alpha value is -0.890. The van der Waals surface area contributed by atoms with E-state index in [0.29, 0.717) is 37.6 Å². The Morgan fingerprint density at radius 2 is 2.17 bits per heavy atom. The van der Waals surface area contributed by atoms with Crippen molar-refractivity contribution in [2.75, 3.05) is 27.3 Å². The molecule has 0 aliphatic rings. The Morgan fingerprint density at radius 1 is 1.44 bits per heavy atom. The Kier molecular flexibility index (Phi) is 5.80. The lowest BCUT2D eigenvalue weighted by Gasteiger charge is -2.04. The second-order valence-corrected chi connectivity index (χ2v) is 5.64. The highest BCUT2D eigenvalue weighted by atomic mass is 32.2. The van der Waals surface area contributed by atoms with E-state index in [1.54, 1.807) is 27.1 Å². The highest BCUT2D eigenvalue weighted by molar-refractivity contribution is 7.89. The van der Waals surface area contributed by atoms with E-state index in [1.807, 2.05) is 0 Å². The number of methoxy groups -OCH3 is 1. The first-order valence-corrected chi connectivity index (χ1v) is 7.22. The lowest BCUT2D eigenvalue weighted by molar-refractivity contribution is 0.196. The van der Waals surface area contributed by atoms with Gasteiger partial charge in [0, 0.05) is 26.3 Å². The first-order chi connectivity index (χ1) is 8.51. The molecule has 18 heavy (non-hydrogen) atoms. The summed E-state index contributed by atoms with van der Waals surface area (Å²) in [5.74, 6) is 1.01. The van der Waals surface area contributed by atoms with Crippen LogP contribution < -0.4 is 10.0 Å². The first-order valence-electron chi connectivity index (χ1n) is 5.73. The summed E-state index contributed by atoms with van der Waals surface area (Å²) in [6.07, 6.45) is 0.635. The van der Waals surface area contributed by atoms with Crippen LogP contribution in [0.3, 0.4) is 0 Å². The van der Waals surface area contributed by atoms with E-state index >= 15 is 0 Å². The predicted molar refractivity (Wildman–Crippen MR) is 67.9 cm³/mol. The molecule has 1 aromatic rings. The molecule has 1 rings (SSSR count).